The van der Waals surface area contributed by atoms with Crippen molar-refractivity contribution in [1.82, 2.24) is 31.9 Å². The first-order valence-electron chi connectivity index (χ1n) is 20.1. The molecule has 0 heterocycles. The quantitative estimate of drug-likeness (QED) is 0.0409. The molecular formula is C40H62N8O14. The van der Waals surface area contributed by atoms with Gasteiger partial charge in [0.2, 0.25) is 41.4 Å². The summed E-state index contributed by atoms with van der Waals surface area (Å²) in [7, 11) is 0. The molecular weight excluding hydrogens is 816 g/mol. The third kappa shape index (κ3) is 20.9. The zero-order chi connectivity index (χ0) is 47.3. The van der Waals surface area contributed by atoms with Crippen molar-refractivity contribution < 1.29 is 68.4 Å². The fourth-order valence-corrected chi connectivity index (χ4v) is 6.06. The molecule has 0 saturated carbocycles. The maximum atomic E-state index is 13.6. The number of hydrogen-bond donors (Lipinski definition) is 12. The third-order valence-corrected chi connectivity index (χ3v) is 9.47. The Morgan fingerprint density at radius 2 is 1.21 bits per heavy atom. The Kier molecular flexibility index (Phi) is 23.4. The van der Waals surface area contributed by atoms with Gasteiger partial charge in [-0.1, -0.05) is 65.0 Å². The molecule has 22 heteroatoms. The van der Waals surface area contributed by atoms with Gasteiger partial charge in [0, 0.05) is 25.2 Å². The van der Waals surface area contributed by atoms with Crippen molar-refractivity contribution in [2.24, 2.45) is 29.2 Å². The molecule has 0 bridgehead atoms. The number of aliphatic carboxylic acids is 3. The van der Waals surface area contributed by atoms with Crippen molar-refractivity contribution in [3.63, 3.8) is 0 Å². The van der Waals surface area contributed by atoms with Crippen LogP contribution in [0.15, 0.2) is 30.3 Å². The summed E-state index contributed by atoms with van der Waals surface area (Å²) in [6.45, 7) is 7.48. The smallest absolute Gasteiger partial charge is 0.326 e. The summed E-state index contributed by atoms with van der Waals surface area (Å²) in [6, 6.07) is 0.402. The minimum absolute atomic E-state index is 0.0942. The van der Waals surface area contributed by atoms with Gasteiger partial charge < -0.3 is 63.8 Å². The number of primary amides is 1. The normalized spacial score (nSPS) is 15.0. The number of nitrogens with two attached hydrogens (primary N) is 2. The van der Waals surface area contributed by atoms with E-state index in [0.717, 1.165) is 0 Å². The van der Waals surface area contributed by atoms with E-state index in [9.17, 15) is 63.3 Å². The Balaban J connectivity index is 3.00. The number of aliphatic hydroxyl groups excluding tert-OH is 1. The molecule has 1 rings (SSSR count). The van der Waals surface area contributed by atoms with Crippen LogP contribution < -0.4 is 43.4 Å². The van der Waals surface area contributed by atoms with Gasteiger partial charge in [0.1, 0.15) is 24.2 Å². The second-order valence-electron chi connectivity index (χ2n) is 15.8. The molecule has 62 heavy (non-hydrogen) atoms. The molecule has 1 aromatic carbocycles. The van der Waals surface area contributed by atoms with Crippen LogP contribution in [-0.2, 0) is 54.4 Å². The molecule has 0 radical (unpaired) electrons. The number of carboxylic acids is 3. The monoisotopic (exact) mass is 878 g/mol. The van der Waals surface area contributed by atoms with Crippen LogP contribution in [0.1, 0.15) is 85.1 Å². The number of rotatable bonds is 29. The largest absolute Gasteiger partial charge is 0.481 e. The number of amides is 7. The molecule has 8 atom stereocenters. The Bertz CT molecular complexity index is 1730. The number of carboxylic acid groups (broad SMARTS) is 3. The van der Waals surface area contributed by atoms with Crippen LogP contribution in [0.2, 0.25) is 0 Å². The van der Waals surface area contributed by atoms with Crippen LogP contribution in [0.3, 0.4) is 0 Å². The fraction of sp³-hybridized carbons (Fsp3) is 0.600. The molecule has 0 unspecified atom stereocenters. The lowest BCUT2D eigenvalue weighted by Gasteiger charge is -2.30. The Hall–Kier alpha value is -6.16. The van der Waals surface area contributed by atoms with Crippen molar-refractivity contribution in [3.8, 4) is 0 Å². The van der Waals surface area contributed by atoms with Crippen molar-refractivity contribution in [2.45, 2.75) is 128 Å². The van der Waals surface area contributed by atoms with Crippen LogP contribution in [0.5, 0.6) is 0 Å². The van der Waals surface area contributed by atoms with Crippen LogP contribution in [0.25, 0.3) is 0 Å². The SMILES string of the molecule is CC(C)C[C@H](NC(=O)[C@H](CC(N)=O)NC(=O)[C@@H](NC(=O)[C@@H](N)CCC(=O)O)C(C)C)[C@@H](O)C[C@@H](C)C(=O)NCC(=O)N[C@@H](CCC(=O)O)C(=O)N[C@@H](Cc1ccccc1)C(=O)O. The second kappa shape index (κ2) is 26.9. The van der Waals surface area contributed by atoms with Crippen molar-refractivity contribution in [1.29, 1.82) is 0 Å². The Morgan fingerprint density at radius 1 is 0.645 bits per heavy atom. The molecule has 7 amide bonds. The maximum absolute atomic E-state index is 13.6. The molecule has 0 fully saturated rings. The molecule has 22 nitrogen and oxygen atoms in total. The Morgan fingerprint density at radius 3 is 1.74 bits per heavy atom. The molecule has 14 N–H and O–H groups in total. The van der Waals surface area contributed by atoms with Crippen LogP contribution in [-0.4, -0.2) is 129 Å². The van der Waals surface area contributed by atoms with E-state index < -0.39 is 146 Å². The van der Waals surface area contributed by atoms with Crippen molar-refractivity contribution >= 4 is 59.3 Å². The molecule has 0 aromatic heterocycles. The predicted molar refractivity (Wildman–Crippen MR) is 220 cm³/mol. The molecule has 346 valence electrons. The first kappa shape index (κ1) is 53.9. The molecule has 0 aliphatic rings. The summed E-state index contributed by atoms with van der Waals surface area (Å²) < 4.78 is 0. The minimum atomic E-state index is -1.57. The second-order valence-corrected chi connectivity index (χ2v) is 15.8. The predicted octanol–water partition coefficient (Wildman–Crippen LogP) is -2.12. The number of carbonyl (C=O) groups excluding carboxylic acids is 7. The van der Waals surface area contributed by atoms with Crippen molar-refractivity contribution in [3.05, 3.63) is 35.9 Å². The summed E-state index contributed by atoms with van der Waals surface area (Å²) in [5.74, 6) is -11.7. The highest BCUT2D eigenvalue weighted by atomic mass is 16.4. The van der Waals surface area contributed by atoms with Crippen molar-refractivity contribution in [2.75, 3.05) is 6.54 Å². The van der Waals surface area contributed by atoms with Crippen LogP contribution in [0, 0.1) is 17.8 Å². The number of hydrogen-bond acceptors (Lipinski definition) is 12. The average Bonchev–Trinajstić information content (AvgIpc) is 3.18. The van der Waals surface area contributed by atoms with E-state index in [4.69, 9.17) is 16.6 Å². The molecule has 0 aliphatic heterocycles. The summed E-state index contributed by atoms with van der Waals surface area (Å²) in [5, 5.41) is 53.5. The van der Waals surface area contributed by atoms with E-state index >= 15 is 0 Å². The first-order chi connectivity index (χ1) is 28.9. The fourth-order valence-electron chi connectivity index (χ4n) is 6.06. The first-order valence-corrected chi connectivity index (χ1v) is 20.1. The van der Waals surface area contributed by atoms with E-state index in [2.05, 4.69) is 31.9 Å². The number of aliphatic hydroxyl groups is 1. The van der Waals surface area contributed by atoms with Gasteiger partial charge in [-0.15, -0.1) is 0 Å². The zero-order valence-electron chi connectivity index (χ0n) is 35.6. The van der Waals surface area contributed by atoms with Gasteiger partial charge in [0.05, 0.1) is 31.2 Å². The van der Waals surface area contributed by atoms with E-state index in [1.54, 1.807) is 58.0 Å². The molecule has 0 saturated heterocycles. The molecule has 1 aromatic rings. The average molecular weight is 879 g/mol. The highest BCUT2D eigenvalue weighted by Gasteiger charge is 2.34. The lowest BCUT2D eigenvalue weighted by Crippen LogP contribution is -2.59. The standard InChI is InChI=1S/C40H62N8O14/c1-20(2)15-26(45-38(59)27(18-30(42)50)46-39(60)34(21(3)4)48-36(57)24(41)11-13-32(52)53)29(49)16-22(5)35(56)43-19-31(51)44-25(12-14-33(54)55)37(58)47-28(40(61)62)17-23-9-7-6-8-10-23/h6-10,20-22,24-29,34,49H,11-19,41H2,1-5H3,(H2,42,50)(H,43,56)(H,44,51)(H,45,59)(H,46,60)(H,47,58)(H,48,57)(H,52,53)(H,54,55)(H,61,62)/t22-,24+,25+,26+,27+,28+,29+,34+/m1/s1. The van der Waals surface area contributed by atoms with E-state index in [1.807, 2.05) is 0 Å². The van der Waals surface area contributed by atoms with Gasteiger partial charge in [-0.05, 0) is 43.1 Å². The lowest BCUT2D eigenvalue weighted by molar-refractivity contribution is -0.143. The number of carbonyl (C=O) groups is 10. The molecule has 0 aliphatic carbocycles. The van der Waals surface area contributed by atoms with Gasteiger partial charge in [0.15, 0.2) is 0 Å². The number of nitrogens with one attached hydrogen (secondary N) is 6. The highest BCUT2D eigenvalue weighted by molar-refractivity contribution is 5.95. The third-order valence-electron chi connectivity index (χ3n) is 9.47. The zero-order valence-corrected chi connectivity index (χ0v) is 35.6. The maximum Gasteiger partial charge on any atom is 0.326 e. The highest BCUT2D eigenvalue weighted by Crippen LogP contribution is 2.17. The minimum Gasteiger partial charge on any atom is -0.481 e. The topological polar surface area (TPSA) is 376 Å². The van der Waals surface area contributed by atoms with Crippen LogP contribution in [0.4, 0.5) is 0 Å². The van der Waals surface area contributed by atoms with Gasteiger partial charge in [0.25, 0.3) is 0 Å². The molecule has 0 spiro atoms. The van der Waals surface area contributed by atoms with Gasteiger partial charge in [-0.2, -0.15) is 0 Å². The Labute approximate surface area is 359 Å². The van der Waals surface area contributed by atoms with Gasteiger partial charge >= 0.3 is 17.9 Å². The summed E-state index contributed by atoms with van der Waals surface area (Å²) >= 11 is 0. The number of benzene rings is 1. The van der Waals surface area contributed by atoms with Gasteiger partial charge in [-0.25, -0.2) is 4.79 Å². The van der Waals surface area contributed by atoms with E-state index in [1.165, 1.54) is 6.92 Å². The lowest BCUT2D eigenvalue weighted by atomic mass is 9.92. The van der Waals surface area contributed by atoms with E-state index in [0.29, 0.717) is 5.56 Å². The van der Waals surface area contributed by atoms with Crippen LogP contribution >= 0.6 is 0 Å². The summed E-state index contributed by atoms with van der Waals surface area (Å²) in [6.07, 6.45) is -3.81. The van der Waals surface area contributed by atoms with Gasteiger partial charge in [-0.3, -0.25) is 43.2 Å². The summed E-state index contributed by atoms with van der Waals surface area (Å²) in [4.78, 5) is 125. The van der Waals surface area contributed by atoms with E-state index in [-0.39, 0.29) is 31.6 Å². The summed E-state index contributed by atoms with van der Waals surface area (Å²) in [5.41, 5.74) is 11.7.